The molecular weight excluding hydrogens is 648 g/mol. The number of esters is 2. The van der Waals surface area contributed by atoms with Crippen LogP contribution in [0.2, 0.25) is 0 Å². The van der Waals surface area contributed by atoms with E-state index >= 15 is 0 Å². The van der Waals surface area contributed by atoms with E-state index in [1.165, 1.54) is 12.2 Å². The van der Waals surface area contributed by atoms with Crippen LogP contribution >= 0.6 is 0 Å². The van der Waals surface area contributed by atoms with Gasteiger partial charge in [0.05, 0.1) is 45.0 Å². The average molecular weight is 705 g/mol. The van der Waals surface area contributed by atoms with Gasteiger partial charge in [0, 0.05) is 5.41 Å². The topological polar surface area (TPSA) is 118 Å². The second-order valence-electron chi connectivity index (χ2n) is 13.5. The van der Waals surface area contributed by atoms with Gasteiger partial charge in [-0.15, -0.1) is 0 Å². The predicted molar refractivity (Wildman–Crippen MR) is 198 cm³/mol. The molecule has 0 atom stereocenters. The Morgan fingerprint density at radius 1 is 0.804 bits per heavy atom. The number of carbonyl (C=O) groups excluding carboxylic acids is 2. The van der Waals surface area contributed by atoms with Gasteiger partial charge in [0.15, 0.2) is 12.6 Å². The van der Waals surface area contributed by atoms with Crippen molar-refractivity contribution in [1.82, 2.24) is 0 Å². The van der Waals surface area contributed by atoms with Crippen LogP contribution in [0.5, 0.6) is 0 Å². The summed E-state index contributed by atoms with van der Waals surface area (Å²) in [6, 6.07) is 20.3. The van der Waals surface area contributed by atoms with Crippen LogP contribution < -0.4 is 0 Å². The lowest BCUT2D eigenvalue weighted by molar-refractivity contribution is -0.320. The molecule has 0 radical (unpaired) electrons. The number of hydrogen-bond donors (Lipinski definition) is 0. The SMILES string of the molecule is CC.CC.CC1OCC2(CO1)COC(C(C)(C)COC(=O)/C(C#N)=C\c1ccccc1)OC2.[C-]#[N+]/C(=C/c1ccccc1)C(=O)OCC(C)(C)C. The fourth-order valence-corrected chi connectivity index (χ4v) is 4.34. The Morgan fingerprint density at radius 3 is 1.71 bits per heavy atom. The number of carbonyl (C=O) groups is 2. The summed E-state index contributed by atoms with van der Waals surface area (Å²) in [7, 11) is 0. The molecule has 2 aromatic rings. The van der Waals surface area contributed by atoms with E-state index in [0.29, 0.717) is 33.0 Å². The van der Waals surface area contributed by atoms with E-state index in [-0.39, 0.29) is 35.0 Å². The molecular formula is C41H56N2O8. The van der Waals surface area contributed by atoms with Crippen LogP contribution in [0.15, 0.2) is 71.9 Å². The van der Waals surface area contributed by atoms with Crippen molar-refractivity contribution < 1.29 is 38.0 Å². The maximum absolute atomic E-state index is 12.4. The first-order chi connectivity index (χ1) is 24.3. The minimum absolute atomic E-state index is 0.00505. The fraction of sp³-hybridized carbons (Fsp3) is 0.512. The van der Waals surface area contributed by atoms with Crippen molar-refractivity contribution in [2.24, 2.45) is 16.2 Å². The Bertz CT molecular complexity index is 1460. The van der Waals surface area contributed by atoms with Gasteiger partial charge < -0.3 is 28.4 Å². The molecule has 1 spiro atoms. The Balaban J connectivity index is 0.000000509. The molecule has 10 nitrogen and oxygen atoms in total. The molecule has 2 fully saturated rings. The zero-order valence-electron chi connectivity index (χ0n) is 32.0. The van der Waals surface area contributed by atoms with Gasteiger partial charge in [-0.2, -0.15) is 5.26 Å². The van der Waals surface area contributed by atoms with Crippen LogP contribution in [0.3, 0.4) is 0 Å². The van der Waals surface area contributed by atoms with Crippen molar-refractivity contribution in [2.45, 2.75) is 81.8 Å². The van der Waals surface area contributed by atoms with Crippen molar-refractivity contribution in [3.8, 4) is 6.07 Å². The average Bonchev–Trinajstić information content (AvgIpc) is 3.15. The molecule has 0 amide bonds. The largest absolute Gasteiger partial charge is 0.470 e. The maximum atomic E-state index is 12.4. The summed E-state index contributed by atoms with van der Waals surface area (Å²) < 4.78 is 33.5. The molecule has 2 aliphatic rings. The number of nitriles is 1. The molecule has 4 rings (SSSR count). The van der Waals surface area contributed by atoms with Crippen LogP contribution in [0, 0.1) is 34.1 Å². The standard InChI is InChI=1S/C22H27NO6.C15H17NO2.2C2H6/c1-16-25-12-22(13-26-16)14-28-20(29-15-22)21(2,3)11-27-19(24)18(10-23)9-17-7-5-4-6-8-17;1-15(2,3)11-18-14(17)13(16-4)10-12-8-6-5-7-9-12;2*1-2/h4-9,16,20H,11-15H2,1-3H3;5-10H,11H2,1-3H3;2*1-2H3/b18-9-;13-10+;;. The minimum atomic E-state index is -0.667. The quantitative estimate of drug-likeness (QED) is 0.115. The molecule has 0 bridgehead atoms. The van der Waals surface area contributed by atoms with E-state index in [9.17, 15) is 14.9 Å². The number of nitrogens with zero attached hydrogens (tertiary/aromatic N) is 2. The molecule has 0 saturated carbocycles. The molecule has 0 unspecified atom stereocenters. The van der Waals surface area contributed by atoms with Crippen LogP contribution in [-0.2, 0) is 38.0 Å². The highest BCUT2D eigenvalue weighted by Crippen LogP contribution is 2.35. The summed E-state index contributed by atoms with van der Waals surface area (Å²) in [5.74, 6) is -1.23. The third-order valence-corrected chi connectivity index (χ3v) is 7.06. The van der Waals surface area contributed by atoms with Crippen LogP contribution in [-0.4, -0.2) is 64.2 Å². The van der Waals surface area contributed by atoms with Gasteiger partial charge in [0.25, 0.3) is 5.70 Å². The molecule has 10 heteroatoms. The number of rotatable bonds is 8. The Hall–Kier alpha value is -4.32. The summed E-state index contributed by atoms with van der Waals surface area (Å²) in [6.07, 6.45) is 2.30. The van der Waals surface area contributed by atoms with E-state index in [1.807, 2.05) is 136 Å². The first-order valence-corrected chi connectivity index (χ1v) is 17.4. The molecule has 0 aromatic heterocycles. The molecule has 2 saturated heterocycles. The van der Waals surface area contributed by atoms with Gasteiger partial charge >= 0.3 is 11.9 Å². The summed E-state index contributed by atoms with van der Waals surface area (Å²) in [6.45, 7) is 28.9. The second kappa shape index (κ2) is 22.5. The van der Waals surface area contributed by atoms with Gasteiger partial charge in [-0.3, -0.25) is 4.79 Å². The van der Waals surface area contributed by atoms with Gasteiger partial charge in [-0.1, -0.05) is 123 Å². The molecule has 278 valence electrons. The van der Waals surface area contributed by atoms with E-state index in [4.69, 9.17) is 35.0 Å². The second-order valence-corrected chi connectivity index (χ2v) is 13.5. The lowest BCUT2D eigenvalue weighted by Crippen LogP contribution is -2.54. The summed E-state index contributed by atoms with van der Waals surface area (Å²) >= 11 is 0. The zero-order valence-corrected chi connectivity index (χ0v) is 32.0. The maximum Gasteiger partial charge on any atom is 0.348 e. The summed E-state index contributed by atoms with van der Waals surface area (Å²) in [5, 5.41) is 9.30. The Labute approximate surface area is 305 Å². The molecule has 0 N–H and O–H groups in total. The van der Waals surface area contributed by atoms with E-state index in [0.717, 1.165) is 11.1 Å². The highest BCUT2D eigenvalue weighted by Gasteiger charge is 2.45. The van der Waals surface area contributed by atoms with Crippen LogP contribution in [0.25, 0.3) is 17.0 Å². The van der Waals surface area contributed by atoms with Gasteiger partial charge in [0.2, 0.25) is 0 Å². The smallest absolute Gasteiger partial charge is 0.348 e. The van der Waals surface area contributed by atoms with Crippen LogP contribution in [0.4, 0.5) is 0 Å². The van der Waals surface area contributed by atoms with Crippen molar-refractivity contribution in [3.63, 3.8) is 0 Å². The first-order valence-electron chi connectivity index (χ1n) is 17.4. The first kappa shape index (κ1) is 44.7. The summed E-state index contributed by atoms with van der Waals surface area (Å²) in [5.41, 5.74) is 0.533. The van der Waals surface area contributed by atoms with E-state index < -0.39 is 23.6 Å². The van der Waals surface area contributed by atoms with Gasteiger partial charge in [0.1, 0.15) is 18.2 Å². The monoisotopic (exact) mass is 704 g/mol. The predicted octanol–water partition coefficient (Wildman–Crippen LogP) is 8.50. The fourth-order valence-electron chi connectivity index (χ4n) is 4.34. The zero-order chi connectivity index (χ0) is 38.5. The number of ether oxygens (including phenoxy) is 6. The summed E-state index contributed by atoms with van der Waals surface area (Å²) in [4.78, 5) is 27.3. The normalized spacial score (nSPS) is 20.3. The number of hydrogen-bond acceptors (Lipinski definition) is 9. The van der Waals surface area contributed by atoms with Crippen molar-refractivity contribution >= 4 is 24.1 Å². The highest BCUT2D eigenvalue weighted by molar-refractivity contribution is 5.98. The van der Waals surface area contributed by atoms with Crippen LogP contribution in [0.1, 0.15) is 80.4 Å². The molecule has 0 aliphatic carbocycles. The Kier molecular flexibility index (Phi) is 19.7. The third-order valence-electron chi connectivity index (χ3n) is 7.06. The lowest BCUT2D eigenvalue weighted by atomic mass is 9.88. The van der Waals surface area contributed by atoms with Crippen molar-refractivity contribution in [3.05, 3.63) is 94.5 Å². The number of benzene rings is 2. The Morgan fingerprint density at radius 2 is 1.25 bits per heavy atom. The van der Waals surface area contributed by atoms with Gasteiger partial charge in [-0.25, -0.2) is 9.64 Å². The van der Waals surface area contributed by atoms with E-state index in [1.54, 1.807) is 0 Å². The van der Waals surface area contributed by atoms with Crippen molar-refractivity contribution in [2.75, 3.05) is 39.6 Å². The third kappa shape index (κ3) is 16.1. The molecule has 2 heterocycles. The molecule has 2 aromatic carbocycles. The van der Waals surface area contributed by atoms with E-state index in [2.05, 4.69) is 4.85 Å². The minimum Gasteiger partial charge on any atom is -0.470 e. The van der Waals surface area contributed by atoms with Gasteiger partial charge in [-0.05, 0) is 35.6 Å². The highest BCUT2D eigenvalue weighted by atomic mass is 16.7. The molecule has 51 heavy (non-hydrogen) atoms. The molecule has 2 aliphatic heterocycles. The lowest BCUT2D eigenvalue weighted by Gasteiger charge is -2.46. The van der Waals surface area contributed by atoms with Crippen molar-refractivity contribution in [1.29, 1.82) is 5.26 Å².